The molecule has 0 atom stereocenters. The summed E-state index contributed by atoms with van der Waals surface area (Å²) in [7, 11) is 0. The van der Waals surface area contributed by atoms with Crippen molar-refractivity contribution >= 4 is 17.6 Å². The van der Waals surface area contributed by atoms with Crippen LogP contribution >= 0.6 is 11.6 Å². The minimum Gasteiger partial charge on any atom is -0.494 e. The van der Waals surface area contributed by atoms with Crippen molar-refractivity contribution in [2.75, 3.05) is 13.2 Å². The van der Waals surface area contributed by atoms with Crippen LogP contribution < -0.4 is 4.74 Å². The zero-order valence-electron chi connectivity index (χ0n) is 9.46. The van der Waals surface area contributed by atoms with Gasteiger partial charge >= 0.3 is 5.97 Å². The van der Waals surface area contributed by atoms with E-state index in [0.717, 1.165) is 5.56 Å². The normalized spacial score (nSPS) is 9.94. The molecule has 0 saturated carbocycles. The van der Waals surface area contributed by atoms with Crippen molar-refractivity contribution in [3.63, 3.8) is 0 Å². The van der Waals surface area contributed by atoms with E-state index in [4.69, 9.17) is 21.1 Å². The molecule has 0 unspecified atom stereocenters. The number of benzene rings is 1. The van der Waals surface area contributed by atoms with Gasteiger partial charge in [0, 0.05) is 10.6 Å². The Morgan fingerprint density at radius 2 is 2.06 bits per heavy atom. The summed E-state index contributed by atoms with van der Waals surface area (Å²) < 4.78 is 10.3. The van der Waals surface area contributed by atoms with E-state index in [0.29, 0.717) is 24.0 Å². The minimum atomic E-state index is -0.272. The lowest BCUT2D eigenvalue weighted by Crippen LogP contribution is -2.09. The van der Waals surface area contributed by atoms with Gasteiger partial charge in [0.25, 0.3) is 0 Å². The zero-order valence-corrected chi connectivity index (χ0v) is 10.2. The maximum absolute atomic E-state index is 11.4. The van der Waals surface area contributed by atoms with Gasteiger partial charge in [0.2, 0.25) is 0 Å². The highest BCUT2D eigenvalue weighted by Gasteiger charge is 2.10. The van der Waals surface area contributed by atoms with Crippen LogP contribution in [0.4, 0.5) is 0 Å². The van der Waals surface area contributed by atoms with Crippen LogP contribution in [0.3, 0.4) is 0 Å². The lowest BCUT2D eigenvalue weighted by Gasteiger charge is -2.10. The number of carbonyl (C=O) groups excluding carboxylic acids is 1. The summed E-state index contributed by atoms with van der Waals surface area (Å²) in [5.74, 6) is 0.408. The molecule has 0 N–H and O–H groups in total. The van der Waals surface area contributed by atoms with Gasteiger partial charge in [0.05, 0.1) is 19.6 Å². The van der Waals surface area contributed by atoms with Crippen LogP contribution in [0.2, 0.25) is 5.02 Å². The predicted octanol–water partition coefficient (Wildman–Crippen LogP) is 2.84. The van der Waals surface area contributed by atoms with Crippen molar-refractivity contribution in [3.8, 4) is 5.75 Å². The minimum absolute atomic E-state index is 0.184. The van der Waals surface area contributed by atoms with Crippen molar-refractivity contribution in [1.82, 2.24) is 0 Å². The number of hydrogen-bond acceptors (Lipinski definition) is 3. The average Bonchev–Trinajstić information content (AvgIpc) is 2.22. The molecule has 0 aliphatic rings. The Morgan fingerprint density at radius 3 is 2.69 bits per heavy atom. The van der Waals surface area contributed by atoms with Crippen LogP contribution in [0, 0.1) is 0 Å². The van der Waals surface area contributed by atoms with Crippen molar-refractivity contribution in [2.24, 2.45) is 0 Å². The lowest BCUT2D eigenvalue weighted by atomic mass is 10.1. The van der Waals surface area contributed by atoms with Crippen molar-refractivity contribution < 1.29 is 14.3 Å². The van der Waals surface area contributed by atoms with Gasteiger partial charge in [-0.1, -0.05) is 11.6 Å². The molecule has 1 aromatic carbocycles. The van der Waals surface area contributed by atoms with Crippen LogP contribution in [0.25, 0.3) is 0 Å². The van der Waals surface area contributed by atoms with E-state index in [9.17, 15) is 4.79 Å². The SMILES string of the molecule is CCOC(=O)Cc1cc(Cl)ccc1OCC. The number of carbonyl (C=O) groups is 1. The Morgan fingerprint density at radius 1 is 1.31 bits per heavy atom. The highest BCUT2D eigenvalue weighted by atomic mass is 35.5. The van der Waals surface area contributed by atoms with E-state index in [1.807, 2.05) is 6.92 Å². The predicted molar refractivity (Wildman–Crippen MR) is 63.0 cm³/mol. The first-order valence-electron chi connectivity index (χ1n) is 5.24. The van der Waals surface area contributed by atoms with Crippen LogP contribution in [0.15, 0.2) is 18.2 Å². The molecule has 0 amide bonds. The molecule has 16 heavy (non-hydrogen) atoms. The summed E-state index contributed by atoms with van der Waals surface area (Å²) >= 11 is 5.87. The molecule has 4 heteroatoms. The first-order chi connectivity index (χ1) is 7.67. The van der Waals surface area contributed by atoms with E-state index in [2.05, 4.69) is 0 Å². The molecule has 0 aliphatic carbocycles. The first kappa shape index (κ1) is 12.8. The van der Waals surface area contributed by atoms with Gasteiger partial charge in [0.1, 0.15) is 5.75 Å². The van der Waals surface area contributed by atoms with Gasteiger partial charge < -0.3 is 9.47 Å². The number of ether oxygens (including phenoxy) is 2. The number of halogens is 1. The van der Waals surface area contributed by atoms with Crippen molar-refractivity contribution in [3.05, 3.63) is 28.8 Å². The van der Waals surface area contributed by atoms with E-state index >= 15 is 0 Å². The van der Waals surface area contributed by atoms with Crippen LogP contribution in [0.1, 0.15) is 19.4 Å². The lowest BCUT2D eigenvalue weighted by molar-refractivity contribution is -0.142. The Kier molecular flexibility index (Phi) is 5.12. The molecular formula is C12H15ClO3. The molecule has 3 nitrogen and oxygen atoms in total. The quantitative estimate of drug-likeness (QED) is 0.745. The highest BCUT2D eigenvalue weighted by Crippen LogP contribution is 2.23. The average molecular weight is 243 g/mol. The molecular weight excluding hydrogens is 228 g/mol. The molecule has 0 spiro atoms. The van der Waals surface area contributed by atoms with Crippen LogP contribution in [-0.4, -0.2) is 19.2 Å². The molecule has 1 rings (SSSR count). The molecule has 1 aromatic rings. The molecule has 0 aliphatic heterocycles. The third-order valence-corrected chi connectivity index (χ3v) is 2.20. The number of esters is 1. The second kappa shape index (κ2) is 6.38. The Bertz CT molecular complexity index is 363. The molecule has 0 fully saturated rings. The fraction of sp³-hybridized carbons (Fsp3) is 0.417. The van der Waals surface area contributed by atoms with E-state index < -0.39 is 0 Å². The monoisotopic (exact) mass is 242 g/mol. The van der Waals surface area contributed by atoms with E-state index in [-0.39, 0.29) is 12.4 Å². The van der Waals surface area contributed by atoms with Crippen LogP contribution in [-0.2, 0) is 16.0 Å². The van der Waals surface area contributed by atoms with Gasteiger partial charge in [-0.25, -0.2) is 0 Å². The molecule has 88 valence electrons. The molecule has 0 aromatic heterocycles. The second-order valence-corrected chi connectivity index (χ2v) is 3.60. The van der Waals surface area contributed by atoms with E-state index in [1.165, 1.54) is 0 Å². The van der Waals surface area contributed by atoms with Gasteiger partial charge in [-0.2, -0.15) is 0 Å². The summed E-state index contributed by atoms with van der Waals surface area (Å²) in [5.41, 5.74) is 0.757. The molecule has 0 heterocycles. The topological polar surface area (TPSA) is 35.5 Å². The van der Waals surface area contributed by atoms with Gasteiger partial charge in [-0.05, 0) is 32.0 Å². The van der Waals surface area contributed by atoms with Gasteiger partial charge in [-0.15, -0.1) is 0 Å². The molecule has 0 saturated heterocycles. The second-order valence-electron chi connectivity index (χ2n) is 3.17. The summed E-state index contributed by atoms with van der Waals surface area (Å²) in [5, 5.41) is 0.586. The third-order valence-electron chi connectivity index (χ3n) is 1.96. The maximum Gasteiger partial charge on any atom is 0.310 e. The first-order valence-corrected chi connectivity index (χ1v) is 5.62. The number of rotatable bonds is 5. The van der Waals surface area contributed by atoms with E-state index in [1.54, 1.807) is 25.1 Å². The maximum atomic E-state index is 11.4. The summed E-state index contributed by atoms with van der Waals surface area (Å²) in [6.45, 7) is 4.60. The van der Waals surface area contributed by atoms with Crippen molar-refractivity contribution in [1.29, 1.82) is 0 Å². The smallest absolute Gasteiger partial charge is 0.310 e. The summed E-state index contributed by atoms with van der Waals surface area (Å²) in [6, 6.07) is 5.23. The van der Waals surface area contributed by atoms with Crippen LogP contribution in [0.5, 0.6) is 5.75 Å². The summed E-state index contributed by atoms with van der Waals surface area (Å²) in [6.07, 6.45) is 0.184. The fourth-order valence-electron chi connectivity index (χ4n) is 1.35. The largest absolute Gasteiger partial charge is 0.494 e. The molecule has 0 radical (unpaired) electrons. The zero-order chi connectivity index (χ0) is 12.0. The number of hydrogen-bond donors (Lipinski definition) is 0. The third kappa shape index (κ3) is 3.74. The highest BCUT2D eigenvalue weighted by molar-refractivity contribution is 6.30. The Labute approximate surface area is 100 Å². The fourth-order valence-corrected chi connectivity index (χ4v) is 1.54. The van der Waals surface area contributed by atoms with Gasteiger partial charge in [0.15, 0.2) is 0 Å². The standard InChI is InChI=1S/C12H15ClO3/c1-3-15-11-6-5-10(13)7-9(11)8-12(14)16-4-2/h5-7H,3-4,8H2,1-2H3. The van der Waals surface area contributed by atoms with Gasteiger partial charge in [-0.3, -0.25) is 4.79 Å². The Balaban J connectivity index is 2.82. The van der Waals surface area contributed by atoms with Crippen molar-refractivity contribution in [2.45, 2.75) is 20.3 Å². The summed E-state index contributed by atoms with van der Waals surface area (Å²) in [4.78, 5) is 11.4. The Hall–Kier alpha value is -1.22. The molecule has 0 bridgehead atoms.